The second kappa shape index (κ2) is 12.0. The van der Waals surface area contributed by atoms with E-state index in [4.69, 9.17) is 19.6 Å². The van der Waals surface area contributed by atoms with Crippen molar-refractivity contribution >= 4 is 31.0 Å². The molecule has 0 spiro atoms. The Bertz CT molecular complexity index is 1270. The summed E-state index contributed by atoms with van der Waals surface area (Å²) in [5.74, 6) is 0.586. The average molecular weight is 553 g/mol. The van der Waals surface area contributed by atoms with Crippen molar-refractivity contribution in [1.82, 2.24) is 24.6 Å². The topological polar surface area (TPSA) is 94.4 Å². The number of aryl methyl sites for hydroxylation is 1. The molecule has 3 aromatic rings. The molecule has 0 atom stereocenters. The fourth-order valence-corrected chi connectivity index (χ4v) is 5.34. The number of carbonyl (C=O) groups excluding carboxylic acids is 1. The van der Waals surface area contributed by atoms with Gasteiger partial charge in [0.15, 0.2) is 0 Å². The van der Waals surface area contributed by atoms with Crippen LogP contribution < -0.4 is 5.32 Å². The predicted octanol–water partition coefficient (Wildman–Crippen LogP) is 6.18. The van der Waals surface area contributed by atoms with E-state index >= 15 is 0 Å². The standard InChI is InChI=1S/C29H44N6O3Si/c1-8-21-19-30-27(31-22-13-15-34(16-14-22)28(36)38-29(2,3)4)32-25(21)26-23-11-9-10-12-24(23)35(33-26)20-37-17-18-39(5,6)7/h9-12,19,22H,8,13-18,20H2,1-7H3,(H,30,31,32). The molecule has 1 N–H and O–H groups in total. The van der Waals surface area contributed by atoms with E-state index in [1.54, 1.807) is 4.90 Å². The van der Waals surface area contributed by atoms with Gasteiger partial charge in [-0.1, -0.05) is 44.8 Å². The van der Waals surface area contributed by atoms with Crippen molar-refractivity contribution in [2.45, 2.75) is 91.0 Å². The first kappa shape index (κ1) is 29.0. The second-order valence-corrected chi connectivity index (χ2v) is 18.1. The minimum Gasteiger partial charge on any atom is -0.444 e. The van der Waals surface area contributed by atoms with Gasteiger partial charge in [0, 0.05) is 45.4 Å². The van der Waals surface area contributed by atoms with Crippen LogP contribution in [-0.4, -0.2) is 70.2 Å². The summed E-state index contributed by atoms with van der Waals surface area (Å²) in [5, 5.41) is 9.53. The van der Waals surface area contributed by atoms with Crippen molar-refractivity contribution in [3.8, 4) is 11.4 Å². The van der Waals surface area contributed by atoms with Crippen LogP contribution in [0.3, 0.4) is 0 Å². The minimum absolute atomic E-state index is 0.179. The number of carbonyl (C=O) groups is 1. The molecule has 0 bridgehead atoms. The Balaban J connectivity index is 1.50. The number of nitrogens with zero attached hydrogens (tertiary/aromatic N) is 5. The van der Waals surface area contributed by atoms with Crippen LogP contribution in [-0.2, 0) is 22.6 Å². The van der Waals surface area contributed by atoms with Gasteiger partial charge >= 0.3 is 6.09 Å². The number of rotatable bonds is 9. The summed E-state index contributed by atoms with van der Waals surface area (Å²) in [7, 11) is -1.16. The smallest absolute Gasteiger partial charge is 0.410 e. The molecule has 9 nitrogen and oxygen atoms in total. The molecule has 1 saturated heterocycles. The van der Waals surface area contributed by atoms with E-state index in [-0.39, 0.29) is 12.1 Å². The molecule has 0 saturated carbocycles. The fourth-order valence-electron chi connectivity index (χ4n) is 4.59. The van der Waals surface area contributed by atoms with Gasteiger partial charge in [0.1, 0.15) is 18.0 Å². The van der Waals surface area contributed by atoms with E-state index in [9.17, 15) is 4.79 Å². The van der Waals surface area contributed by atoms with Crippen LogP contribution in [0.4, 0.5) is 10.7 Å². The highest BCUT2D eigenvalue weighted by Gasteiger charge is 2.27. The number of amides is 1. The van der Waals surface area contributed by atoms with Crippen LogP contribution in [0.5, 0.6) is 0 Å². The molecule has 1 fully saturated rings. The molecule has 1 aliphatic heterocycles. The van der Waals surface area contributed by atoms with E-state index in [1.807, 2.05) is 43.8 Å². The third-order valence-corrected chi connectivity index (χ3v) is 8.52. The van der Waals surface area contributed by atoms with Crippen LogP contribution in [0.15, 0.2) is 30.5 Å². The maximum atomic E-state index is 12.4. The van der Waals surface area contributed by atoms with Crippen molar-refractivity contribution in [2.24, 2.45) is 0 Å². The molecule has 10 heteroatoms. The lowest BCUT2D eigenvalue weighted by Gasteiger charge is -2.33. The van der Waals surface area contributed by atoms with Gasteiger partial charge in [-0.3, -0.25) is 0 Å². The summed E-state index contributed by atoms with van der Waals surface area (Å²) in [6.45, 7) is 17.3. The van der Waals surface area contributed by atoms with Crippen LogP contribution in [0, 0.1) is 0 Å². The van der Waals surface area contributed by atoms with E-state index in [0.29, 0.717) is 25.8 Å². The molecular weight excluding hydrogens is 508 g/mol. The lowest BCUT2D eigenvalue weighted by atomic mass is 10.1. The Morgan fingerprint density at radius 3 is 2.51 bits per heavy atom. The summed E-state index contributed by atoms with van der Waals surface area (Å²) < 4.78 is 13.5. The molecule has 212 valence electrons. The first-order valence-corrected chi connectivity index (χ1v) is 17.8. The second-order valence-electron chi connectivity index (χ2n) is 12.5. The van der Waals surface area contributed by atoms with E-state index in [1.165, 1.54) is 0 Å². The Labute approximate surface area is 233 Å². The number of piperidine rings is 1. The Kier molecular flexibility index (Phi) is 8.95. The summed E-state index contributed by atoms with van der Waals surface area (Å²) in [6.07, 6.45) is 4.06. The monoisotopic (exact) mass is 552 g/mol. The molecule has 39 heavy (non-hydrogen) atoms. The van der Waals surface area contributed by atoms with Crippen LogP contribution in [0.2, 0.25) is 25.7 Å². The molecule has 1 aromatic carbocycles. The van der Waals surface area contributed by atoms with E-state index < -0.39 is 13.7 Å². The first-order valence-electron chi connectivity index (χ1n) is 14.1. The van der Waals surface area contributed by atoms with Gasteiger partial charge in [0.25, 0.3) is 0 Å². The van der Waals surface area contributed by atoms with Crippen LogP contribution in [0.25, 0.3) is 22.3 Å². The Hall–Kier alpha value is -2.98. The zero-order valence-electron chi connectivity index (χ0n) is 24.6. The number of ether oxygens (including phenoxy) is 2. The van der Waals surface area contributed by atoms with Gasteiger partial charge in [0.05, 0.1) is 11.2 Å². The first-order chi connectivity index (χ1) is 18.4. The summed E-state index contributed by atoms with van der Waals surface area (Å²) >= 11 is 0. The summed E-state index contributed by atoms with van der Waals surface area (Å²) in [6, 6.07) is 9.54. The quantitative estimate of drug-likeness (QED) is 0.250. The molecule has 0 radical (unpaired) electrons. The molecule has 1 aliphatic rings. The van der Waals surface area contributed by atoms with Gasteiger partial charge < -0.3 is 19.7 Å². The molecule has 4 rings (SSSR count). The lowest BCUT2D eigenvalue weighted by molar-refractivity contribution is 0.0210. The summed E-state index contributed by atoms with van der Waals surface area (Å²) in [4.78, 5) is 23.8. The predicted molar refractivity (Wildman–Crippen MR) is 159 cm³/mol. The largest absolute Gasteiger partial charge is 0.444 e. The van der Waals surface area contributed by atoms with Crippen LogP contribution >= 0.6 is 0 Å². The number of fused-ring (bicyclic) bond motifs is 1. The maximum Gasteiger partial charge on any atom is 0.410 e. The zero-order chi connectivity index (χ0) is 28.2. The number of anilines is 1. The molecule has 1 amide bonds. The number of hydrogen-bond donors (Lipinski definition) is 1. The van der Waals surface area contributed by atoms with Crippen molar-refractivity contribution in [3.63, 3.8) is 0 Å². The van der Waals surface area contributed by atoms with E-state index in [2.05, 4.69) is 49.0 Å². The number of likely N-dealkylation sites (tertiary alicyclic amines) is 1. The average Bonchev–Trinajstić information content (AvgIpc) is 3.24. The van der Waals surface area contributed by atoms with E-state index in [0.717, 1.165) is 59.8 Å². The number of para-hydroxylation sites is 1. The maximum absolute atomic E-state index is 12.4. The highest BCUT2D eigenvalue weighted by atomic mass is 28.3. The zero-order valence-corrected chi connectivity index (χ0v) is 25.6. The number of nitrogens with one attached hydrogen (secondary N) is 1. The van der Waals surface area contributed by atoms with Gasteiger partial charge in [-0.15, -0.1) is 0 Å². The fraction of sp³-hybridized carbons (Fsp3) is 0.586. The molecule has 0 aliphatic carbocycles. The van der Waals surface area contributed by atoms with Crippen molar-refractivity contribution in [3.05, 3.63) is 36.0 Å². The number of benzene rings is 1. The highest BCUT2D eigenvalue weighted by Crippen LogP contribution is 2.30. The van der Waals surface area contributed by atoms with Crippen molar-refractivity contribution in [1.29, 1.82) is 0 Å². The number of hydrogen-bond acceptors (Lipinski definition) is 7. The molecular formula is C29H44N6O3Si. The molecule has 3 heterocycles. The van der Waals surface area contributed by atoms with Crippen molar-refractivity contribution in [2.75, 3.05) is 25.0 Å². The van der Waals surface area contributed by atoms with Gasteiger partial charge in [-0.05, 0) is 57.7 Å². The number of aromatic nitrogens is 4. The Morgan fingerprint density at radius 1 is 1.13 bits per heavy atom. The minimum atomic E-state index is -1.16. The third-order valence-electron chi connectivity index (χ3n) is 6.82. The van der Waals surface area contributed by atoms with Gasteiger partial charge in [0.2, 0.25) is 5.95 Å². The van der Waals surface area contributed by atoms with Gasteiger partial charge in [-0.2, -0.15) is 5.10 Å². The normalized spacial score (nSPS) is 15.1. The third kappa shape index (κ3) is 7.79. The van der Waals surface area contributed by atoms with Crippen LogP contribution in [0.1, 0.15) is 46.1 Å². The highest BCUT2D eigenvalue weighted by molar-refractivity contribution is 6.76. The summed E-state index contributed by atoms with van der Waals surface area (Å²) in [5.41, 5.74) is 3.29. The lowest BCUT2D eigenvalue weighted by Crippen LogP contribution is -2.44. The molecule has 0 unspecified atom stereocenters. The van der Waals surface area contributed by atoms with Crippen molar-refractivity contribution < 1.29 is 14.3 Å². The molecule has 2 aromatic heterocycles. The SMILES string of the molecule is CCc1cnc(NC2CCN(C(=O)OC(C)(C)C)CC2)nc1-c1nn(COCC[Si](C)(C)C)c2ccccc12. The Morgan fingerprint density at radius 2 is 1.85 bits per heavy atom. The van der Waals surface area contributed by atoms with Gasteiger partial charge in [-0.25, -0.2) is 19.4 Å².